The number of hydrogen-bond acceptors (Lipinski definition) is 11. The SMILES string of the molecule is Cc1ccc(C(=O)O[C@H]2[C@H](c3ccccc3)N3C(N)=N[C@@H](CO)[C@@H]4N=C(N)N[C@@]43C2(O)O)cc1. The van der Waals surface area contributed by atoms with Gasteiger partial charge in [-0.1, -0.05) is 48.0 Å². The number of ether oxygens (including phenoxy) is 1. The molecule has 0 unspecified atom stereocenters. The van der Waals surface area contributed by atoms with Crippen LogP contribution in [0.5, 0.6) is 0 Å². The van der Waals surface area contributed by atoms with Crippen molar-refractivity contribution < 1.29 is 24.9 Å². The quantitative estimate of drug-likeness (QED) is 0.242. The Hall–Kier alpha value is -3.67. The molecule has 0 aromatic heterocycles. The fourth-order valence-electron chi connectivity index (χ4n) is 5.15. The third kappa shape index (κ3) is 2.98. The standard InChI is InChI=1S/C23H26N6O5/c1-12-7-9-14(10-8-12)19(31)34-18-16(13-5-3-2-4-6-13)29-21(25)26-15(11-30)17-22(29,23(18,32)33)28-20(24)27-17/h2-10,15-18,30,32-33H,11H2,1H3,(H2,25,26)(H3,24,27,28)/t15-,16-,17-,18-,22-/m0/s1. The minimum Gasteiger partial charge on any atom is -0.450 e. The molecule has 0 bridgehead atoms. The molecule has 8 N–H and O–H groups in total. The molecule has 3 heterocycles. The Morgan fingerprint density at radius 2 is 1.79 bits per heavy atom. The first-order valence-electron chi connectivity index (χ1n) is 10.8. The van der Waals surface area contributed by atoms with Crippen molar-refractivity contribution in [3.8, 4) is 0 Å². The van der Waals surface area contributed by atoms with Gasteiger partial charge in [0.15, 0.2) is 23.7 Å². The average molecular weight is 466 g/mol. The largest absolute Gasteiger partial charge is 0.450 e. The van der Waals surface area contributed by atoms with Crippen LogP contribution in [0.25, 0.3) is 0 Å². The normalized spacial score (nSPS) is 31.1. The number of aliphatic hydroxyl groups excluding tert-OH is 1. The van der Waals surface area contributed by atoms with E-state index in [0.29, 0.717) is 5.56 Å². The Bertz CT molecular complexity index is 1170. The lowest BCUT2D eigenvalue weighted by molar-refractivity contribution is -0.258. The summed E-state index contributed by atoms with van der Waals surface area (Å²) in [7, 11) is 0. The van der Waals surface area contributed by atoms with Gasteiger partial charge in [-0.05, 0) is 24.6 Å². The number of nitrogens with one attached hydrogen (secondary N) is 1. The molecule has 178 valence electrons. The van der Waals surface area contributed by atoms with E-state index in [9.17, 15) is 20.1 Å². The van der Waals surface area contributed by atoms with Gasteiger partial charge in [-0.3, -0.25) is 0 Å². The van der Waals surface area contributed by atoms with Gasteiger partial charge in [-0.25, -0.2) is 14.8 Å². The Labute approximate surface area is 195 Å². The fraction of sp³-hybridized carbons (Fsp3) is 0.348. The highest BCUT2D eigenvalue weighted by atomic mass is 16.6. The summed E-state index contributed by atoms with van der Waals surface area (Å²) in [6.07, 6.45) is -1.52. The van der Waals surface area contributed by atoms with Crippen molar-refractivity contribution in [2.24, 2.45) is 21.5 Å². The maximum atomic E-state index is 13.1. The highest BCUT2D eigenvalue weighted by Gasteiger charge is 2.77. The molecule has 11 nitrogen and oxygen atoms in total. The van der Waals surface area contributed by atoms with Gasteiger partial charge < -0.3 is 41.7 Å². The number of carbonyl (C=O) groups excluding carboxylic acids is 1. The van der Waals surface area contributed by atoms with E-state index in [0.717, 1.165) is 5.56 Å². The summed E-state index contributed by atoms with van der Waals surface area (Å²) >= 11 is 0. The monoisotopic (exact) mass is 466 g/mol. The molecule has 5 rings (SSSR count). The summed E-state index contributed by atoms with van der Waals surface area (Å²) < 4.78 is 5.78. The van der Waals surface area contributed by atoms with Crippen LogP contribution in [-0.2, 0) is 4.74 Å². The van der Waals surface area contributed by atoms with Crippen molar-refractivity contribution in [3.63, 3.8) is 0 Å². The van der Waals surface area contributed by atoms with Crippen LogP contribution in [0.3, 0.4) is 0 Å². The Balaban J connectivity index is 1.66. The first-order valence-corrected chi connectivity index (χ1v) is 10.8. The number of aliphatic imine (C=N–C) groups is 2. The molecule has 34 heavy (non-hydrogen) atoms. The summed E-state index contributed by atoms with van der Waals surface area (Å²) in [5.41, 5.74) is 12.3. The van der Waals surface area contributed by atoms with Gasteiger partial charge >= 0.3 is 5.97 Å². The zero-order valence-electron chi connectivity index (χ0n) is 18.4. The molecule has 0 saturated carbocycles. The molecule has 0 aliphatic carbocycles. The van der Waals surface area contributed by atoms with Crippen molar-refractivity contribution in [1.82, 2.24) is 10.2 Å². The van der Waals surface area contributed by atoms with Gasteiger partial charge in [0.05, 0.1) is 12.2 Å². The second kappa shape index (κ2) is 7.69. The number of esters is 1. The first-order chi connectivity index (χ1) is 16.2. The molecule has 11 heteroatoms. The number of nitrogens with two attached hydrogens (primary N) is 2. The van der Waals surface area contributed by atoms with Crippen LogP contribution in [0.1, 0.15) is 27.5 Å². The van der Waals surface area contributed by atoms with Crippen LogP contribution in [0.15, 0.2) is 64.6 Å². The zero-order valence-corrected chi connectivity index (χ0v) is 18.4. The molecule has 2 aromatic rings. The first kappa shape index (κ1) is 22.1. The van der Waals surface area contributed by atoms with Gasteiger partial charge in [0.2, 0.25) is 5.79 Å². The number of guanidine groups is 2. The second-order valence-corrected chi connectivity index (χ2v) is 8.73. The maximum Gasteiger partial charge on any atom is 0.338 e. The highest BCUT2D eigenvalue weighted by molar-refractivity contribution is 5.90. The summed E-state index contributed by atoms with van der Waals surface area (Å²) in [6.45, 7) is 1.43. The molecule has 5 atom stereocenters. The minimum atomic E-state index is -2.74. The number of benzene rings is 2. The number of hydrogen-bond donors (Lipinski definition) is 6. The maximum absolute atomic E-state index is 13.1. The number of carbonyl (C=O) groups is 1. The van der Waals surface area contributed by atoms with Crippen LogP contribution < -0.4 is 16.8 Å². The lowest BCUT2D eigenvalue weighted by atomic mass is 9.85. The smallest absolute Gasteiger partial charge is 0.338 e. The Kier molecular flexibility index (Phi) is 5.01. The second-order valence-electron chi connectivity index (χ2n) is 8.73. The van der Waals surface area contributed by atoms with E-state index < -0.39 is 48.3 Å². The molecule has 2 aromatic carbocycles. The molecular weight excluding hydrogens is 440 g/mol. The van der Waals surface area contributed by atoms with Crippen LogP contribution in [0, 0.1) is 6.92 Å². The van der Waals surface area contributed by atoms with Crippen molar-refractivity contribution in [1.29, 1.82) is 0 Å². The Morgan fingerprint density at radius 3 is 2.44 bits per heavy atom. The van der Waals surface area contributed by atoms with Gasteiger partial charge in [-0.2, -0.15) is 0 Å². The molecule has 1 spiro atoms. The van der Waals surface area contributed by atoms with E-state index in [1.165, 1.54) is 4.90 Å². The fourth-order valence-corrected chi connectivity index (χ4v) is 5.15. The summed E-state index contributed by atoms with van der Waals surface area (Å²) in [6, 6.07) is 12.7. The van der Waals surface area contributed by atoms with E-state index in [-0.39, 0.29) is 17.5 Å². The number of aliphatic hydroxyl groups is 3. The van der Waals surface area contributed by atoms with Gasteiger partial charge in [0, 0.05) is 0 Å². The zero-order chi connectivity index (χ0) is 24.3. The molecule has 1 fully saturated rings. The highest BCUT2D eigenvalue weighted by Crippen LogP contribution is 2.53. The molecule has 3 aliphatic rings. The predicted molar refractivity (Wildman–Crippen MR) is 122 cm³/mol. The van der Waals surface area contributed by atoms with E-state index in [4.69, 9.17) is 16.2 Å². The van der Waals surface area contributed by atoms with Crippen LogP contribution in [0.2, 0.25) is 0 Å². The van der Waals surface area contributed by atoms with E-state index in [2.05, 4.69) is 15.3 Å². The summed E-state index contributed by atoms with van der Waals surface area (Å²) in [5, 5.41) is 36.2. The molecule has 0 amide bonds. The molecule has 0 radical (unpaired) electrons. The topological polar surface area (TPSA) is 179 Å². The van der Waals surface area contributed by atoms with Gasteiger partial charge in [-0.15, -0.1) is 0 Å². The predicted octanol–water partition coefficient (Wildman–Crippen LogP) is -1.07. The lowest BCUT2D eigenvalue weighted by Crippen LogP contribution is -2.77. The van der Waals surface area contributed by atoms with Crippen LogP contribution >= 0.6 is 0 Å². The van der Waals surface area contributed by atoms with Crippen LogP contribution in [0.4, 0.5) is 0 Å². The average Bonchev–Trinajstić information content (AvgIpc) is 3.27. The molecular formula is C23H26N6O5. The molecule has 3 aliphatic heterocycles. The Morgan fingerprint density at radius 1 is 1.12 bits per heavy atom. The number of nitrogens with zero attached hydrogens (tertiary/aromatic N) is 3. The summed E-state index contributed by atoms with van der Waals surface area (Å²) in [5.74, 6) is -3.64. The van der Waals surface area contributed by atoms with Crippen LogP contribution in [-0.4, -0.2) is 74.4 Å². The van der Waals surface area contributed by atoms with Gasteiger partial charge in [0.25, 0.3) is 0 Å². The third-order valence-electron chi connectivity index (χ3n) is 6.69. The van der Waals surface area contributed by atoms with Crippen molar-refractivity contribution >= 4 is 17.9 Å². The number of aryl methyl sites for hydroxylation is 1. The number of rotatable bonds is 4. The minimum absolute atomic E-state index is 0.0804. The lowest BCUT2D eigenvalue weighted by Gasteiger charge is -2.49. The van der Waals surface area contributed by atoms with Crippen molar-refractivity contribution in [2.75, 3.05) is 6.61 Å². The summed E-state index contributed by atoms with van der Waals surface area (Å²) in [4.78, 5) is 23.2. The van der Waals surface area contributed by atoms with E-state index in [1.807, 2.05) is 6.92 Å². The molecule has 1 saturated heterocycles. The van der Waals surface area contributed by atoms with Gasteiger partial charge in [0.1, 0.15) is 18.1 Å². The third-order valence-corrected chi connectivity index (χ3v) is 6.69. The van der Waals surface area contributed by atoms with Crippen molar-refractivity contribution in [2.45, 2.75) is 42.6 Å². The van der Waals surface area contributed by atoms with E-state index >= 15 is 0 Å². The van der Waals surface area contributed by atoms with E-state index in [1.54, 1.807) is 54.6 Å². The van der Waals surface area contributed by atoms with Crippen molar-refractivity contribution in [3.05, 3.63) is 71.3 Å².